The third-order valence-electron chi connectivity index (χ3n) is 3.99. The maximum absolute atomic E-state index is 11.9. The molecule has 7 heteroatoms. The molecule has 1 saturated carbocycles. The summed E-state index contributed by atoms with van der Waals surface area (Å²) in [6.07, 6.45) is 4.96. The standard InChI is InChI=1S/C17H19Cl2NO4/c18-13-7-6-12(8-14(13)19)15(21)10-24-16(22)9-20-17(23)11-4-2-1-3-5-11/h6-8,11H,1-5,9-10H2,(H,20,23). The molecule has 130 valence electrons. The monoisotopic (exact) mass is 371 g/mol. The van der Waals surface area contributed by atoms with E-state index >= 15 is 0 Å². The van der Waals surface area contributed by atoms with E-state index in [2.05, 4.69) is 5.32 Å². The van der Waals surface area contributed by atoms with Crippen LogP contribution in [0.2, 0.25) is 10.0 Å². The van der Waals surface area contributed by atoms with E-state index in [-0.39, 0.29) is 29.2 Å². The number of esters is 1. The molecule has 1 aromatic rings. The maximum Gasteiger partial charge on any atom is 0.325 e. The van der Waals surface area contributed by atoms with E-state index in [9.17, 15) is 14.4 Å². The van der Waals surface area contributed by atoms with Crippen molar-refractivity contribution in [2.24, 2.45) is 5.92 Å². The van der Waals surface area contributed by atoms with Crippen molar-refractivity contribution in [3.63, 3.8) is 0 Å². The lowest BCUT2D eigenvalue weighted by atomic mass is 9.89. The summed E-state index contributed by atoms with van der Waals surface area (Å²) in [7, 11) is 0. The van der Waals surface area contributed by atoms with Gasteiger partial charge < -0.3 is 10.1 Å². The van der Waals surface area contributed by atoms with Gasteiger partial charge in [-0.1, -0.05) is 42.5 Å². The zero-order valence-corrected chi connectivity index (χ0v) is 14.7. The number of hydrogen-bond acceptors (Lipinski definition) is 4. The third kappa shape index (κ3) is 5.49. The van der Waals surface area contributed by atoms with Gasteiger partial charge in [-0.05, 0) is 31.0 Å². The zero-order valence-electron chi connectivity index (χ0n) is 13.1. The Morgan fingerprint density at radius 1 is 1.08 bits per heavy atom. The van der Waals surface area contributed by atoms with Gasteiger partial charge in [0.1, 0.15) is 6.54 Å². The Labute approximate surface area is 150 Å². The highest BCUT2D eigenvalue weighted by Crippen LogP contribution is 2.24. The summed E-state index contributed by atoms with van der Waals surface area (Å²) in [5.41, 5.74) is 0.309. The third-order valence-corrected chi connectivity index (χ3v) is 4.73. The lowest BCUT2D eigenvalue weighted by molar-refractivity contribution is -0.143. The molecule has 0 spiro atoms. The fourth-order valence-electron chi connectivity index (χ4n) is 2.62. The Balaban J connectivity index is 1.73. The quantitative estimate of drug-likeness (QED) is 0.614. The van der Waals surface area contributed by atoms with Crippen molar-refractivity contribution in [1.29, 1.82) is 0 Å². The van der Waals surface area contributed by atoms with Crippen LogP contribution in [0, 0.1) is 5.92 Å². The molecule has 1 aromatic carbocycles. The molecular formula is C17H19Cl2NO4. The number of carbonyl (C=O) groups is 3. The molecule has 0 bridgehead atoms. The number of rotatable bonds is 6. The normalized spacial score (nSPS) is 14.9. The summed E-state index contributed by atoms with van der Waals surface area (Å²) >= 11 is 11.6. The molecule has 0 heterocycles. The first-order valence-corrected chi connectivity index (χ1v) is 8.64. The van der Waals surface area contributed by atoms with Crippen LogP contribution >= 0.6 is 23.2 Å². The lowest BCUT2D eigenvalue weighted by Gasteiger charge is -2.20. The zero-order chi connectivity index (χ0) is 17.5. The van der Waals surface area contributed by atoms with E-state index in [1.807, 2.05) is 0 Å². The largest absolute Gasteiger partial charge is 0.456 e. The molecule has 5 nitrogen and oxygen atoms in total. The first kappa shape index (κ1) is 18.7. The van der Waals surface area contributed by atoms with E-state index in [1.165, 1.54) is 18.2 Å². The fourth-order valence-corrected chi connectivity index (χ4v) is 2.92. The number of nitrogens with one attached hydrogen (secondary N) is 1. The van der Waals surface area contributed by atoms with Crippen molar-refractivity contribution in [3.8, 4) is 0 Å². The fraction of sp³-hybridized carbons (Fsp3) is 0.471. The Morgan fingerprint density at radius 2 is 1.79 bits per heavy atom. The molecular weight excluding hydrogens is 353 g/mol. The van der Waals surface area contributed by atoms with Gasteiger partial charge in [-0.25, -0.2) is 0 Å². The Bertz CT molecular complexity index is 627. The van der Waals surface area contributed by atoms with Crippen LogP contribution in [0.5, 0.6) is 0 Å². The highest BCUT2D eigenvalue weighted by molar-refractivity contribution is 6.42. The predicted molar refractivity (Wildman–Crippen MR) is 91.3 cm³/mol. The second-order valence-electron chi connectivity index (χ2n) is 5.77. The van der Waals surface area contributed by atoms with Gasteiger partial charge in [-0.15, -0.1) is 0 Å². The molecule has 0 radical (unpaired) electrons. The highest BCUT2D eigenvalue weighted by Gasteiger charge is 2.21. The second kappa shape index (κ2) is 9.04. The van der Waals surface area contributed by atoms with E-state index in [0.29, 0.717) is 10.6 Å². The number of carbonyl (C=O) groups excluding carboxylic acids is 3. The van der Waals surface area contributed by atoms with Crippen molar-refractivity contribution >= 4 is 40.9 Å². The second-order valence-corrected chi connectivity index (χ2v) is 6.58. The predicted octanol–water partition coefficient (Wildman–Crippen LogP) is 3.42. The summed E-state index contributed by atoms with van der Waals surface area (Å²) in [5, 5.41) is 3.17. The van der Waals surface area contributed by atoms with Gasteiger partial charge >= 0.3 is 5.97 Å². The van der Waals surface area contributed by atoms with Crippen molar-refractivity contribution in [2.75, 3.05) is 13.2 Å². The summed E-state index contributed by atoms with van der Waals surface area (Å²) in [4.78, 5) is 35.5. The van der Waals surface area contributed by atoms with Crippen molar-refractivity contribution in [3.05, 3.63) is 33.8 Å². The minimum atomic E-state index is -0.646. The minimum absolute atomic E-state index is 0.0237. The van der Waals surface area contributed by atoms with Gasteiger partial charge in [-0.2, -0.15) is 0 Å². The van der Waals surface area contributed by atoms with Crippen LogP contribution in [0.3, 0.4) is 0 Å². The molecule has 0 atom stereocenters. The number of benzene rings is 1. The van der Waals surface area contributed by atoms with Crippen molar-refractivity contribution < 1.29 is 19.1 Å². The molecule has 0 aromatic heterocycles. The van der Waals surface area contributed by atoms with Gasteiger partial charge in [0, 0.05) is 11.5 Å². The summed E-state index contributed by atoms with van der Waals surface area (Å²) in [6.45, 7) is -0.639. The van der Waals surface area contributed by atoms with Crippen LogP contribution < -0.4 is 5.32 Å². The summed E-state index contributed by atoms with van der Waals surface area (Å²) < 4.78 is 4.89. The SMILES string of the molecule is O=C(CNC(=O)C1CCCCC1)OCC(=O)c1ccc(Cl)c(Cl)c1. The molecule has 0 aliphatic heterocycles. The van der Waals surface area contributed by atoms with Gasteiger partial charge in [0.25, 0.3) is 0 Å². The van der Waals surface area contributed by atoms with E-state index in [4.69, 9.17) is 27.9 Å². The number of ether oxygens (including phenoxy) is 1. The highest BCUT2D eigenvalue weighted by atomic mass is 35.5. The molecule has 24 heavy (non-hydrogen) atoms. The Hall–Kier alpha value is -1.59. The molecule has 1 fully saturated rings. The molecule has 1 aliphatic rings. The number of hydrogen-bond donors (Lipinski definition) is 1. The van der Waals surface area contributed by atoms with Gasteiger partial charge in [0.15, 0.2) is 12.4 Å². The van der Waals surface area contributed by atoms with Crippen LogP contribution in [0.4, 0.5) is 0 Å². The van der Waals surface area contributed by atoms with Crippen LogP contribution in [-0.2, 0) is 14.3 Å². The van der Waals surface area contributed by atoms with Crippen LogP contribution in [0.1, 0.15) is 42.5 Å². The Kier molecular flexibility index (Phi) is 7.06. The van der Waals surface area contributed by atoms with E-state index < -0.39 is 12.6 Å². The molecule has 1 aliphatic carbocycles. The van der Waals surface area contributed by atoms with Crippen LogP contribution in [0.15, 0.2) is 18.2 Å². The number of halogens is 2. The first-order valence-electron chi connectivity index (χ1n) is 7.89. The average Bonchev–Trinajstić information content (AvgIpc) is 2.60. The van der Waals surface area contributed by atoms with E-state index in [0.717, 1.165) is 32.1 Å². The summed E-state index contributed by atoms with van der Waals surface area (Å²) in [6, 6.07) is 4.43. The number of Topliss-reactive ketones (excluding diaryl/α,β-unsaturated/α-hetero) is 1. The molecule has 1 amide bonds. The average molecular weight is 372 g/mol. The van der Waals surface area contributed by atoms with Crippen molar-refractivity contribution in [2.45, 2.75) is 32.1 Å². The maximum atomic E-state index is 11.9. The van der Waals surface area contributed by atoms with Gasteiger partial charge in [-0.3, -0.25) is 14.4 Å². The van der Waals surface area contributed by atoms with Crippen LogP contribution in [-0.4, -0.2) is 30.8 Å². The Morgan fingerprint density at radius 3 is 2.46 bits per heavy atom. The molecule has 1 N–H and O–H groups in total. The minimum Gasteiger partial charge on any atom is -0.456 e. The van der Waals surface area contributed by atoms with Gasteiger partial charge in [0.2, 0.25) is 5.91 Å². The molecule has 2 rings (SSSR count). The number of amides is 1. The van der Waals surface area contributed by atoms with Gasteiger partial charge in [0.05, 0.1) is 10.0 Å². The smallest absolute Gasteiger partial charge is 0.325 e. The van der Waals surface area contributed by atoms with Crippen molar-refractivity contribution in [1.82, 2.24) is 5.32 Å². The number of ketones is 1. The van der Waals surface area contributed by atoms with Crippen LogP contribution in [0.25, 0.3) is 0 Å². The lowest BCUT2D eigenvalue weighted by Crippen LogP contribution is -2.36. The first-order chi connectivity index (χ1) is 11.5. The molecule has 0 unspecified atom stereocenters. The van der Waals surface area contributed by atoms with E-state index in [1.54, 1.807) is 0 Å². The topological polar surface area (TPSA) is 72.5 Å². The molecule has 0 saturated heterocycles. The summed E-state index contributed by atoms with van der Waals surface area (Å²) in [5.74, 6) is -1.18.